The van der Waals surface area contributed by atoms with Crippen molar-refractivity contribution in [1.82, 2.24) is 14.5 Å². The molecule has 0 unspecified atom stereocenters. The number of hydrogen-bond acceptors (Lipinski definition) is 4. The van der Waals surface area contributed by atoms with Gasteiger partial charge in [-0.25, -0.2) is 22.5 Å². The Labute approximate surface area is 204 Å². The standard InChI is InChI=1S/C26H21F4N5O/c27-17-5-1-15(2-6-17)23(31)26(36)34-11-12-35-22(14-34)33-24(16-3-7-18(28)8-4-16)25(35)32-19-9-10-20(29)21(30)13-19/h1-10,13,23,32H,11-12,14,31H2/t23-/m0/s1. The summed E-state index contributed by atoms with van der Waals surface area (Å²) in [6.07, 6.45) is 0. The van der Waals surface area contributed by atoms with Gasteiger partial charge in [0.15, 0.2) is 11.6 Å². The maximum Gasteiger partial charge on any atom is 0.244 e. The van der Waals surface area contributed by atoms with Crippen LogP contribution in [0.1, 0.15) is 17.4 Å². The maximum atomic E-state index is 13.8. The van der Waals surface area contributed by atoms with Crippen molar-refractivity contribution < 1.29 is 22.4 Å². The average molecular weight is 495 g/mol. The number of halogens is 4. The fourth-order valence-corrected chi connectivity index (χ4v) is 4.18. The van der Waals surface area contributed by atoms with E-state index in [0.717, 1.165) is 12.1 Å². The fourth-order valence-electron chi connectivity index (χ4n) is 4.18. The molecule has 0 saturated heterocycles. The molecule has 10 heteroatoms. The van der Waals surface area contributed by atoms with E-state index in [9.17, 15) is 22.4 Å². The average Bonchev–Trinajstić information content (AvgIpc) is 3.23. The van der Waals surface area contributed by atoms with Gasteiger partial charge < -0.3 is 20.5 Å². The Kier molecular flexibility index (Phi) is 6.19. The zero-order valence-electron chi connectivity index (χ0n) is 18.9. The van der Waals surface area contributed by atoms with Crippen LogP contribution in [0.25, 0.3) is 11.3 Å². The Morgan fingerprint density at radius 2 is 1.56 bits per heavy atom. The van der Waals surface area contributed by atoms with E-state index in [-0.39, 0.29) is 12.5 Å². The molecule has 3 N–H and O–H groups in total. The van der Waals surface area contributed by atoms with Gasteiger partial charge in [0.25, 0.3) is 0 Å². The van der Waals surface area contributed by atoms with Gasteiger partial charge >= 0.3 is 0 Å². The predicted octanol–water partition coefficient (Wildman–Crippen LogP) is 4.89. The second-order valence-electron chi connectivity index (χ2n) is 8.43. The Hall–Kier alpha value is -4.18. The molecule has 1 amide bonds. The summed E-state index contributed by atoms with van der Waals surface area (Å²) < 4.78 is 55.9. The normalized spacial score (nSPS) is 13.9. The molecular formula is C26H21F4N5O. The summed E-state index contributed by atoms with van der Waals surface area (Å²) in [5, 5.41) is 3.10. The molecule has 6 nitrogen and oxygen atoms in total. The van der Waals surface area contributed by atoms with Crippen LogP contribution in [0.2, 0.25) is 0 Å². The highest BCUT2D eigenvalue weighted by molar-refractivity contribution is 5.83. The third-order valence-electron chi connectivity index (χ3n) is 6.08. The summed E-state index contributed by atoms with van der Waals surface area (Å²) in [6, 6.07) is 13.6. The van der Waals surface area contributed by atoms with Crippen LogP contribution in [0.15, 0.2) is 66.7 Å². The molecule has 1 atom stereocenters. The minimum Gasteiger partial charge on any atom is -0.340 e. The van der Waals surface area contributed by atoms with E-state index in [0.29, 0.717) is 47.2 Å². The quantitative estimate of drug-likeness (QED) is 0.387. The smallest absolute Gasteiger partial charge is 0.244 e. The number of nitrogens with zero attached hydrogens (tertiary/aromatic N) is 3. The van der Waals surface area contributed by atoms with Gasteiger partial charge in [-0.15, -0.1) is 0 Å². The number of carbonyl (C=O) groups is 1. The second kappa shape index (κ2) is 9.46. The summed E-state index contributed by atoms with van der Waals surface area (Å²) >= 11 is 0. The third kappa shape index (κ3) is 4.55. The number of nitrogens with one attached hydrogen (secondary N) is 1. The molecular weight excluding hydrogens is 474 g/mol. The molecule has 5 rings (SSSR count). The summed E-state index contributed by atoms with van der Waals surface area (Å²) in [7, 11) is 0. The number of anilines is 2. The number of amides is 1. The fraction of sp³-hybridized carbons (Fsp3) is 0.154. The molecule has 1 aliphatic rings. The first-order chi connectivity index (χ1) is 17.3. The molecule has 0 fully saturated rings. The topological polar surface area (TPSA) is 76.2 Å². The lowest BCUT2D eigenvalue weighted by atomic mass is 10.1. The van der Waals surface area contributed by atoms with Crippen molar-refractivity contribution in [2.24, 2.45) is 5.73 Å². The molecule has 0 spiro atoms. The van der Waals surface area contributed by atoms with E-state index in [4.69, 9.17) is 5.73 Å². The van der Waals surface area contributed by atoms with Gasteiger partial charge in [-0.3, -0.25) is 4.79 Å². The van der Waals surface area contributed by atoms with Crippen LogP contribution < -0.4 is 11.1 Å². The lowest BCUT2D eigenvalue weighted by Gasteiger charge is -2.30. The van der Waals surface area contributed by atoms with E-state index < -0.39 is 29.3 Å². The largest absolute Gasteiger partial charge is 0.340 e. The molecule has 0 radical (unpaired) electrons. The van der Waals surface area contributed by atoms with Gasteiger partial charge in [0.05, 0.1) is 6.54 Å². The molecule has 184 valence electrons. The molecule has 4 aromatic rings. The monoisotopic (exact) mass is 495 g/mol. The lowest BCUT2D eigenvalue weighted by Crippen LogP contribution is -2.43. The van der Waals surface area contributed by atoms with E-state index in [1.807, 2.05) is 4.57 Å². The van der Waals surface area contributed by atoms with E-state index in [1.54, 1.807) is 17.0 Å². The van der Waals surface area contributed by atoms with E-state index in [1.165, 1.54) is 42.5 Å². The Morgan fingerprint density at radius 1 is 0.889 bits per heavy atom. The van der Waals surface area contributed by atoms with Crippen molar-refractivity contribution in [3.8, 4) is 11.3 Å². The number of hydrogen-bond donors (Lipinski definition) is 2. The van der Waals surface area contributed by atoms with Crippen LogP contribution >= 0.6 is 0 Å². The van der Waals surface area contributed by atoms with Crippen molar-refractivity contribution in [1.29, 1.82) is 0 Å². The number of aromatic nitrogens is 2. The number of fused-ring (bicyclic) bond motifs is 1. The van der Waals surface area contributed by atoms with Crippen molar-refractivity contribution >= 4 is 17.4 Å². The maximum absolute atomic E-state index is 13.8. The summed E-state index contributed by atoms with van der Waals surface area (Å²) in [5.41, 5.74) is 8.01. The van der Waals surface area contributed by atoms with Gasteiger partial charge in [0.1, 0.15) is 35.0 Å². The van der Waals surface area contributed by atoms with Crippen LogP contribution in [-0.4, -0.2) is 26.9 Å². The Balaban J connectivity index is 1.47. The highest BCUT2D eigenvalue weighted by Crippen LogP contribution is 2.34. The molecule has 3 aromatic carbocycles. The summed E-state index contributed by atoms with van der Waals surface area (Å²) in [5.74, 6) is -2.12. The number of benzene rings is 3. The molecule has 0 saturated carbocycles. The zero-order chi connectivity index (χ0) is 25.4. The van der Waals surface area contributed by atoms with Crippen molar-refractivity contribution in [3.63, 3.8) is 0 Å². The molecule has 1 aromatic heterocycles. The highest BCUT2D eigenvalue weighted by Gasteiger charge is 2.30. The van der Waals surface area contributed by atoms with Crippen LogP contribution in [0.4, 0.5) is 29.1 Å². The molecule has 0 aliphatic carbocycles. The first-order valence-electron chi connectivity index (χ1n) is 11.2. The van der Waals surface area contributed by atoms with Crippen LogP contribution in [0, 0.1) is 23.3 Å². The highest BCUT2D eigenvalue weighted by atomic mass is 19.2. The minimum atomic E-state index is -1.01. The SMILES string of the molecule is N[C@H](C(=O)N1CCn2c(nc(-c3ccc(F)cc3)c2Nc2ccc(F)c(F)c2)C1)c1ccc(F)cc1. The van der Waals surface area contributed by atoms with Crippen LogP contribution in [-0.2, 0) is 17.9 Å². The summed E-state index contributed by atoms with van der Waals surface area (Å²) in [4.78, 5) is 19.3. The zero-order valence-corrected chi connectivity index (χ0v) is 18.9. The third-order valence-corrected chi connectivity index (χ3v) is 6.08. The molecule has 1 aliphatic heterocycles. The van der Waals surface area contributed by atoms with E-state index in [2.05, 4.69) is 10.3 Å². The lowest BCUT2D eigenvalue weighted by molar-refractivity contribution is -0.134. The molecule has 36 heavy (non-hydrogen) atoms. The summed E-state index contributed by atoms with van der Waals surface area (Å²) in [6.45, 7) is 0.797. The molecule has 0 bridgehead atoms. The van der Waals surface area contributed by atoms with Crippen molar-refractivity contribution in [3.05, 3.63) is 101 Å². The minimum absolute atomic E-state index is 0.140. The van der Waals surface area contributed by atoms with Gasteiger partial charge in [-0.05, 0) is 54.1 Å². The van der Waals surface area contributed by atoms with Crippen molar-refractivity contribution in [2.75, 3.05) is 11.9 Å². The molecule has 2 heterocycles. The Morgan fingerprint density at radius 3 is 2.22 bits per heavy atom. The number of rotatable bonds is 5. The Bertz CT molecular complexity index is 1420. The second-order valence-corrected chi connectivity index (χ2v) is 8.43. The van der Waals surface area contributed by atoms with Crippen LogP contribution in [0.3, 0.4) is 0 Å². The van der Waals surface area contributed by atoms with Gasteiger partial charge in [0, 0.05) is 30.4 Å². The van der Waals surface area contributed by atoms with Gasteiger partial charge in [-0.1, -0.05) is 12.1 Å². The first kappa shape index (κ1) is 23.6. The van der Waals surface area contributed by atoms with Crippen LogP contribution in [0.5, 0.6) is 0 Å². The number of carbonyl (C=O) groups excluding carboxylic acids is 1. The first-order valence-corrected chi connectivity index (χ1v) is 11.2. The van der Waals surface area contributed by atoms with Crippen molar-refractivity contribution in [2.45, 2.75) is 19.1 Å². The number of imidazole rings is 1. The predicted molar refractivity (Wildman–Crippen MR) is 126 cm³/mol. The van der Waals surface area contributed by atoms with Gasteiger partial charge in [-0.2, -0.15) is 0 Å². The van der Waals surface area contributed by atoms with Gasteiger partial charge in [0.2, 0.25) is 5.91 Å². The van der Waals surface area contributed by atoms with E-state index >= 15 is 0 Å². The number of nitrogens with two attached hydrogens (primary N) is 1.